The van der Waals surface area contributed by atoms with Crippen molar-refractivity contribution in [3.63, 3.8) is 0 Å². The third-order valence-electron chi connectivity index (χ3n) is 13.8. The summed E-state index contributed by atoms with van der Waals surface area (Å²) in [6.07, 6.45) is 20.4. The summed E-state index contributed by atoms with van der Waals surface area (Å²) in [5, 5.41) is 3.55. The lowest BCUT2D eigenvalue weighted by Crippen LogP contribution is -2.51. The van der Waals surface area contributed by atoms with Crippen molar-refractivity contribution in [2.45, 2.75) is 163 Å². The van der Waals surface area contributed by atoms with E-state index in [0.717, 1.165) is 93.5 Å². The highest BCUT2D eigenvalue weighted by atomic mass is 35.5. The molecule has 0 aromatic heterocycles. The Bertz CT molecular complexity index is 1000. The zero-order chi connectivity index (χ0) is 33.5. The molecule has 0 heterocycles. The smallest absolute Gasteiger partial charge is 0.410 e. The average molecular weight is 752 g/mol. The molecule has 0 radical (unpaired) electrons. The number of hydrogen-bond donors (Lipinski definition) is 3. The van der Waals surface area contributed by atoms with E-state index in [1.165, 1.54) is 51.4 Å². The molecule has 290 valence electrons. The van der Waals surface area contributed by atoms with Crippen LogP contribution in [0.15, 0.2) is 11.6 Å². The van der Waals surface area contributed by atoms with Gasteiger partial charge in [-0.05, 0) is 150 Å². The Kier molecular flexibility index (Phi) is 20.5. The lowest BCUT2D eigenvalue weighted by molar-refractivity contribution is -0.0597. The highest BCUT2D eigenvalue weighted by Gasteiger charge is 2.59. The molecule has 0 aliphatic heterocycles. The van der Waals surface area contributed by atoms with E-state index in [0.29, 0.717) is 24.5 Å². The van der Waals surface area contributed by atoms with Crippen molar-refractivity contribution >= 4 is 43.3 Å². The number of nitrogens with zero attached hydrogens (tertiary/aromatic N) is 1. The van der Waals surface area contributed by atoms with Crippen LogP contribution in [0.1, 0.15) is 145 Å². The quantitative estimate of drug-likeness (QED) is 0.102. The summed E-state index contributed by atoms with van der Waals surface area (Å²) in [4.78, 5) is 15.6. The Hall–Kier alpha value is -0.240. The number of halogens is 3. The fourth-order valence-electron chi connectivity index (χ4n) is 11.0. The summed E-state index contributed by atoms with van der Waals surface area (Å²) in [6, 6.07) is 0.528. The molecule has 0 aromatic carbocycles. The summed E-state index contributed by atoms with van der Waals surface area (Å²) in [5.41, 5.74) is 14.0. The summed E-state index contributed by atoms with van der Waals surface area (Å²) in [7, 11) is 0. The maximum Gasteiger partial charge on any atom is 0.410 e. The van der Waals surface area contributed by atoms with Crippen LogP contribution < -0.4 is 16.8 Å². The predicted molar refractivity (Wildman–Crippen MR) is 215 cm³/mol. The Labute approximate surface area is 320 Å². The Morgan fingerprint density at radius 1 is 0.898 bits per heavy atom. The zero-order valence-electron chi connectivity index (χ0n) is 32.4. The molecule has 2 unspecified atom stereocenters. The van der Waals surface area contributed by atoms with Gasteiger partial charge in [-0.2, -0.15) is 0 Å². The monoisotopic (exact) mass is 751 g/mol. The van der Waals surface area contributed by atoms with Gasteiger partial charge < -0.3 is 26.4 Å². The molecule has 0 aromatic rings. The zero-order valence-corrected chi connectivity index (χ0v) is 34.8. The van der Waals surface area contributed by atoms with Gasteiger partial charge in [-0.25, -0.2) is 4.79 Å². The minimum atomic E-state index is -0.138. The molecule has 0 spiro atoms. The lowest BCUT2D eigenvalue weighted by Gasteiger charge is -2.58. The number of fused-ring (bicyclic) bond motifs is 5. The van der Waals surface area contributed by atoms with Crippen molar-refractivity contribution in [1.82, 2.24) is 10.2 Å². The van der Waals surface area contributed by atoms with Gasteiger partial charge in [-0.1, -0.05) is 65.5 Å². The lowest BCUT2D eigenvalue weighted by atomic mass is 9.47. The molecule has 3 fully saturated rings. The molecule has 3 saturated carbocycles. The normalized spacial score (nSPS) is 32.1. The SMILES string of the molecule is CC(C)CCC[C@@H](C)[C@H]1CC[C@H]2[C@@H]3CC=C4C[C@@H](OC(=O)N(CCCCNC(C)CCN)C(C)CCN)CC[C@]4(C)[C@H]3CC[C@]12C.Cl.Cl.Cl. The van der Waals surface area contributed by atoms with Crippen LogP contribution in [-0.4, -0.2) is 55.4 Å². The van der Waals surface area contributed by atoms with Crippen molar-refractivity contribution in [2.75, 3.05) is 26.2 Å². The van der Waals surface area contributed by atoms with Gasteiger partial charge in [0, 0.05) is 25.0 Å². The van der Waals surface area contributed by atoms with Gasteiger partial charge in [0.1, 0.15) is 6.10 Å². The first kappa shape index (κ1) is 46.8. The fourth-order valence-corrected chi connectivity index (χ4v) is 11.0. The van der Waals surface area contributed by atoms with Crippen LogP contribution in [-0.2, 0) is 4.74 Å². The number of carbonyl (C=O) groups excluding carboxylic acids is 1. The Morgan fingerprint density at radius 3 is 2.29 bits per heavy atom. The minimum Gasteiger partial charge on any atom is -0.446 e. The number of hydrogen-bond acceptors (Lipinski definition) is 5. The number of ether oxygens (including phenoxy) is 1. The molecule has 10 atom stereocenters. The fraction of sp³-hybridized carbons (Fsp3) is 0.925. The summed E-state index contributed by atoms with van der Waals surface area (Å²) < 4.78 is 6.33. The molecule has 4 rings (SSSR count). The number of amides is 1. The Balaban J connectivity index is 0.00000400. The van der Waals surface area contributed by atoms with Crippen molar-refractivity contribution in [2.24, 2.45) is 57.8 Å². The van der Waals surface area contributed by atoms with E-state index in [-0.39, 0.29) is 60.9 Å². The molecule has 49 heavy (non-hydrogen) atoms. The van der Waals surface area contributed by atoms with E-state index in [9.17, 15) is 4.79 Å². The Morgan fingerprint density at radius 2 is 1.61 bits per heavy atom. The molecule has 5 N–H and O–H groups in total. The van der Waals surface area contributed by atoms with Crippen LogP contribution in [0.5, 0.6) is 0 Å². The summed E-state index contributed by atoms with van der Waals surface area (Å²) in [6.45, 7) is 19.9. The van der Waals surface area contributed by atoms with E-state index < -0.39 is 0 Å². The maximum absolute atomic E-state index is 13.6. The highest BCUT2D eigenvalue weighted by Crippen LogP contribution is 2.67. The molecule has 9 heteroatoms. The molecule has 0 saturated heterocycles. The number of unbranched alkanes of at least 4 members (excludes halogenated alkanes) is 1. The van der Waals surface area contributed by atoms with Gasteiger partial charge in [-0.3, -0.25) is 0 Å². The molecule has 6 nitrogen and oxygen atoms in total. The predicted octanol–water partition coefficient (Wildman–Crippen LogP) is 9.94. The molecule has 1 amide bonds. The van der Waals surface area contributed by atoms with Crippen LogP contribution in [0.3, 0.4) is 0 Å². The van der Waals surface area contributed by atoms with E-state index >= 15 is 0 Å². The molecular formula is C40H77Cl3N4O2. The van der Waals surface area contributed by atoms with E-state index in [1.807, 2.05) is 4.90 Å². The first-order valence-corrected chi connectivity index (χ1v) is 19.7. The molecule has 4 aliphatic rings. The summed E-state index contributed by atoms with van der Waals surface area (Å²) >= 11 is 0. The number of rotatable bonds is 17. The van der Waals surface area contributed by atoms with Crippen LogP contribution in [0.2, 0.25) is 0 Å². The standard InChI is InChI=1S/C40H74N4O2.3ClH/c1-28(2)11-10-12-29(3)35-15-16-36-34-14-13-32-27-33(17-21-39(32,6)37(34)18-22-40(35,36)7)46-38(45)44(31(5)20-24-42)26-9-8-25-43-30(4)19-23-41;;;/h13,28-31,33-37,43H,8-12,14-27,41-42H2,1-7H3;3*1H/t29-,30?,31?,33+,34+,35-,36+,37+,39+,40-;;;/m1.../s1. The van der Waals surface area contributed by atoms with Crippen molar-refractivity contribution < 1.29 is 9.53 Å². The van der Waals surface area contributed by atoms with Crippen molar-refractivity contribution in [3.8, 4) is 0 Å². The number of carbonyl (C=O) groups is 1. The molecular weight excluding hydrogens is 675 g/mol. The second-order valence-electron chi connectivity index (χ2n) is 17.3. The minimum absolute atomic E-state index is 0. The second kappa shape index (κ2) is 21.5. The third kappa shape index (κ3) is 11.4. The van der Waals surface area contributed by atoms with Gasteiger partial charge in [0.15, 0.2) is 0 Å². The van der Waals surface area contributed by atoms with Gasteiger partial charge in [0.2, 0.25) is 0 Å². The van der Waals surface area contributed by atoms with E-state index in [2.05, 4.69) is 59.9 Å². The second-order valence-corrected chi connectivity index (χ2v) is 17.3. The van der Waals surface area contributed by atoms with Gasteiger partial charge >= 0.3 is 6.09 Å². The van der Waals surface area contributed by atoms with Gasteiger partial charge in [0.25, 0.3) is 0 Å². The first-order valence-electron chi connectivity index (χ1n) is 19.7. The van der Waals surface area contributed by atoms with Crippen LogP contribution in [0.25, 0.3) is 0 Å². The van der Waals surface area contributed by atoms with E-state index in [1.54, 1.807) is 5.57 Å². The topological polar surface area (TPSA) is 93.6 Å². The number of nitrogens with two attached hydrogens (primary N) is 2. The summed E-state index contributed by atoms with van der Waals surface area (Å²) in [5.74, 6) is 5.09. The maximum atomic E-state index is 13.6. The third-order valence-corrected chi connectivity index (χ3v) is 13.8. The molecule has 4 aliphatic carbocycles. The van der Waals surface area contributed by atoms with Gasteiger partial charge in [-0.15, -0.1) is 37.2 Å². The van der Waals surface area contributed by atoms with Crippen LogP contribution in [0, 0.1) is 46.3 Å². The van der Waals surface area contributed by atoms with E-state index in [4.69, 9.17) is 16.2 Å². The highest BCUT2D eigenvalue weighted by molar-refractivity contribution is 5.86. The average Bonchev–Trinajstić information content (AvgIpc) is 3.36. The molecule has 0 bridgehead atoms. The van der Waals surface area contributed by atoms with Crippen molar-refractivity contribution in [3.05, 3.63) is 11.6 Å². The number of allylic oxidation sites excluding steroid dienone is 1. The largest absolute Gasteiger partial charge is 0.446 e. The first-order chi connectivity index (χ1) is 21.9. The van der Waals surface area contributed by atoms with Crippen LogP contribution >= 0.6 is 37.2 Å². The van der Waals surface area contributed by atoms with Crippen molar-refractivity contribution in [1.29, 1.82) is 0 Å². The van der Waals surface area contributed by atoms with Crippen LogP contribution in [0.4, 0.5) is 4.79 Å². The van der Waals surface area contributed by atoms with Gasteiger partial charge in [0.05, 0.1) is 0 Å². The number of nitrogens with one attached hydrogen (secondary N) is 1.